The number of rotatable bonds is 7. The van der Waals surface area contributed by atoms with Crippen LogP contribution in [0.3, 0.4) is 0 Å². The third kappa shape index (κ3) is 6.40. The summed E-state index contributed by atoms with van der Waals surface area (Å²) in [6.07, 6.45) is 1.55. The number of ether oxygens (including phenoxy) is 1. The van der Waals surface area contributed by atoms with Crippen molar-refractivity contribution in [3.8, 4) is 0 Å². The van der Waals surface area contributed by atoms with E-state index in [1.807, 2.05) is 29.2 Å². The molecule has 1 saturated heterocycles. The highest BCUT2D eigenvalue weighted by Gasteiger charge is 2.21. The zero-order chi connectivity index (χ0) is 20.6. The van der Waals surface area contributed by atoms with Crippen LogP contribution in [0.5, 0.6) is 0 Å². The molecule has 0 unspecified atom stereocenters. The van der Waals surface area contributed by atoms with Gasteiger partial charge in [-0.05, 0) is 41.8 Å². The highest BCUT2D eigenvalue weighted by molar-refractivity contribution is 14.0. The molecule has 3 rings (SSSR count). The Morgan fingerprint density at radius 2 is 1.80 bits per heavy atom. The molecule has 0 atom stereocenters. The molecule has 2 N–H and O–H groups in total. The maximum Gasteiger partial charge on any atom is 0.227 e. The molecule has 0 bridgehead atoms. The summed E-state index contributed by atoms with van der Waals surface area (Å²) in [4.78, 5) is 17.9. The molecule has 0 saturated carbocycles. The first-order valence-corrected chi connectivity index (χ1v) is 9.71. The van der Waals surface area contributed by atoms with Gasteiger partial charge >= 0.3 is 0 Å². The number of amides is 1. The molecule has 30 heavy (non-hydrogen) atoms. The summed E-state index contributed by atoms with van der Waals surface area (Å²) in [5.74, 6) is 0.577. The van der Waals surface area contributed by atoms with Crippen molar-refractivity contribution in [2.24, 2.45) is 4.99 Å². The summed E-state index contributed by atoms with van der Waals surface area (Å²) < 4.78 is 18.7. The number of carbonyl (C=O) groups is 1. The number of anilines is 1. The molecule has 0 aromatic heterocycles. The van der Waals surface area contributed by atoms with Crippen LogP contribution in [0.2, 0.25) is 0 Å². The second-order valence-corrected chi connectivity index (χ2v) is 6.95. The Balaban J connectivity index is 0.00000320. The summed E-state index contributed by atoms with van der Waals surface area (Å²) in [5, 5.41) is 6.49. The van der Waals surface area contributed by atoms with Gasteiger partial charge in [-0.1, -0.05) is 18.2 Å². The fourth-order valence-corrected chi connectivity index (χ4v) is 3.31. The number of benzene rings is 2. The van der Waals surface area contributed by atoms with Crippen LogP contribution >= 0.6 is 24.0 Å². The summed E-state index contributed by atoms with van der Waals surface area (Å²) in [6, 6.07) is 13.0. The quantitative estimate of drug-likeness (QED) is 0.329. The minimum absolute atomic E-state index is 0. The molecule has 8 heteroatoms. The number of carbonyl (C=O) groups excluding carboxylic acids is 1. The van der Waals surface area contributed by atoms with Gasteiger partial charge in [0.1, 0.15) is 5.82 Å². The van der Waals surface area contributed by atoms with E-state index in [-0.39, 0.29) is 42.3 Å². The van der Waals surface area contributed by atoms with Gasteiger partial charge in [-0.15, -0.1) is 24.0 Å². The van der Waals surface area contributed by atoms with Crippen LogP contribution in [0.25, 0.3) is 0 Å². The fourth-order valence-electron chi connectivity index (χ4n) is 3.31. The minimum Gasteiger partial charge on any atom is -0.380 e. The highest BCUT2D eigenvalue weighted by Crippen LogP contribution is 2.21. The standard InChI is InChI=1S/C22H27FN4O2.HI/c1-24-22(26-14-17-7-10-20(23)18(12-17)15-29-2)25-13-16-5-8-19(9-6-16)27-11-3-4-21(27)28;/h5-10,12H,3-4,11,13-15H2,1-2H3,(H2,24,25,26);1H. The molecule has 1 fully saturated rings. The van der Waals surface area contributed by atoms with Gasteiger partial charge in [-0.25, -0.2) is 4.39 Å². The monoisotopic (exact) mass is 526 g/mol. The average Bonchev–Trinajstić information content (AvgIpc) is 3.17. The number of nitrogens with zero attached hydrogens (tertiary/aromatic N) is 2. The Morgan fingerprint density at radius 1 is 1.13 bits per heavy atom. The van der Waals surface area contributed by atoms with Crippen LogP contribution in [0.1, 0.15) is 29.5 Å². The van der Waals surface area contributed by atoms with E-state index >= 15 is 0 Å². The predicted octanol–water partition coefficient (Wildman–Crippen LogP) is 3.58. The molecule has 0 radical (unpaired) electrons. The molecule has 1 aliphatic rings. The number of methoxy groups -OCH3 is 1. The fraction of sp³-hybridized carbons (Fsp3) is 0.364. The molecule has 0 aliphatic carbocycles. The topological polar surface area (TPSA) is 66.0 Å². The Kier molecular flexibility index (Phi) is 9.51. The molecule has 162 valence electrons. The van der Waals surface area contributed by atoms with Gasteiger partial charge in [0.05, 0.1) is 6.61 Å². The van der Waals surface area contributed by atoms with Gasteiger partial charge in [0.2, 0.25) is 5.91 Å². The number of aliphatic imine (C=N–C) groups is 1. The van der Waals surface area contributed by atoms with Gasteiger partial charge in [0.15, 0.2) is 5.96 Å². The van der Waals surface area contributed by atoms with E-state index in [0.717, 1.165) is 29.8 Å². The highest BCUT2D eigenvalue weighted by atomic mass is 127. The first-order chi connectivity index (χ1) is 14.1. The number of nitrogens with one attached hydrogen (secondary N) is 2. The summed E-state index contributed by atoms with van der Waals surface area (Å²) >= 11 is 0. The van der Waals surface area contributed by atoms with E-state index < -0.39 is 0 Å². The molecule has 6 nitrogen and oxygen atoms in total. The number of hydrogen-bond donors (Lipinski definition) is 2. The van der Waals surface area contributed by atoms with Crippen molar-refractivity contribution in [2.75, 3.05) is 25.6 Å². The van der Waals surface area contributed by atoms with E-state index in [0.29, 0.717) is 31.0 Å². The summed E-state index contributed by atoms with van der Waals surface area (Å²) in [5.41, 5.74) is 3.52. The third-order valence-corrected chi connectivity index (χ3v) is 4.87. The molecule has 0 spiro atoms. The molecule has 2 aromatic rings. The van der Waals surface area contributed by atoms with Gasteiger partial charge in [0.25, 0.3) is 0 Å². The molecule has 2 aromatic carbocycles. The Hall–Kier alpha value is -2.20. The van der Waals surface area contributed by atoms with E-state index in [1.165, 1.54) is 6.07 Å². The minimum atomic E-state index is -0.266. The van der Waals surface area contributed by atoms with Crippen LogP contribution in [0, 0.1) is 5.82 Å². The van der Waals surface area contributed by atoms with Crippen LogP contribution in [-0.4, -0.2) is 32.6 Å². The van der Waals surface area contributed by atoms with Crippen molar-refractivity contribution < 1.29 is 13.9 Å². The Labute approximate surface area is 193 Å². The first-order valence-electron chi connectivity index (χ1n) is 9.71. The maximum absolute atomic E-state index is 13.7. The lowest BCUT2D eigenvalue weighted by molar-refractivity contribution is -0.117. The lowest BCUT2D eigenvalue weighted by Crippen LogP contribution is -2.36. The summed E-state index contributed by atoms with van der Waals surface area (Å²) in [7, 11) is 3.25. The lowest BCUT2D eigenvalue weighted by Gasteiger charge is -2.16. The van der Waals surface area contributed by atoms with E-state index in [4.69, 9.17) is 4.74 Å². The van der Waals surface area contributed by atoms with Gasteiger partial charge in [-0.3, -0.25) is 9.79 Å². The second-order valence-electron chi connectivity index (χ2n) is 6.95. The van der Waals surface area contributed by atoms with Crippen LogP contribution in [0.4, 0.5) is 10.1 Å². The number of halogens is 2. The zero-order valence-electron chi connectivity index (χ0n) is 17.3. The smallest absolute Gasteiger partial charge is 0.227 e. The summed E-state index contributed by atoms with van der Waals surface area (Å²) in [6.45, 7) is 2.16. The third-order valence-electron chi connectivity index (χ3n) is 4.87. The molecule has 1 aliphatic heterocycles. The normalized spacial score (nSPS) is 13.9. The second kappa shape index (κ2) is 11.8. The van der Waals surface area contributed by atoms with E-state index in [9.17, 15) is 9.18 Å². The van der Waals surface area contributed by atoms with Gasteiger partial charge < -0.3 is 20.3 Å². The SMILES string of the molecule is CN=C(NCc1ccc(N2CCCC2=O)cc1)NCc1ccc(F)c(COC)c1.I. The van der Waals surface area contributed by atoms with Gasteiger partial charge in [0, 0.05) is 51.5 Å². The van der Waals surface area contributed by atoms with Crippen molar-refractivity contribution in [2.45, 2.75) is 32.5 Å². The molecule has 1 heterocycles. The Bertz CT molecular complexity index is 874. The average molecular weight is 526 g/mol. The van der Waals surface area contributed by atoms with Crippen LogP contribution < -0.4 is 15.5 Å². The first kappa shape index (κ1) is 24.1. The van der Waals surface area contributed by atoms with Crippen molar-refractivity contribution in [3.63, 3.8) is 0 Å². The number of hydrogen-bond acceptors (Lipinski definition) is 3. The maximum atomic E-state index is 13.7. The lowest BCUT2D eigenvalue weighted by atomic mass is 10.1. The van der Waals surface area contributed by atoms with Crippen molar-refractivity contribution >= 4 is 41.5 Å². The van der Waals surface area contributed by atoms with Gasteiger partial charge in [-0.2, -0.15) is 0 Å². The predicted molar refractivity (Wildman–Crippen MR) is 128 cm³/mol. The zero-order valence-corrected chi connectivity index (χ0v) is 19.6. The van der Waals surface area contributed by atoms with Crippen LogP contribution in [0.15, 0.2) is 47.5 Å². The number of guanidine groups is 1. The van der Waals surface area contributed by atoms with Crippen molar-refractivity contribution in [1.29, 1.82) is 0 Å². The largest absolute Gasteiger partial charge is 0.380 e. The molecular weight excluding hydrogens is 498 g/mol. The van der Waals surface area contributed by atoms with Crippen molar-refractivity contribution in [1.82, 2.24) is 10.6 Å². The Morgan fingerprint density at radius 3 is 2.40 bits per heavy atom. The van der Waals surface area contributed by atoms with E-state index in [1.54, 1.807) is 26.3 Å². The molecular formula is C22H28FIN4O2. The van der Waals surface area contributed by atoms with Crippen molar-refractivity contribution in [3.05, 3.63) is 65.0 Å². The van der Waals surface area contributed by atoms with Crippen LogP contribution in [-0.2, 0) is 29.2 Å². The molecule has 1 amide bonds. The van der Waals surface area contributed by atoms with E-state index in [2.05, 4.69) is 15.6 Å².